The Hall–Kier alpha value is -1.06. The number of ether oxygens (including phenoxy) is 2. The summed E-state index contributed by atoms with van der Waals surface area (Å²) in [5.74, 6) is 0.884. The summed E-state index contributed by atoms with van der Waals surface area (Å²) in [4.78, 5) is 0. The molecule has 0 heterocycles. The summed E-state index contributed by atoms with van der Waals surface area (Å²) >= 11 is 0. The molecule has 1 rings (SSSR count). The fourth-order valence-electron chi connectivity index (χ4n) is 1.47. The van der Waals surface area contributed by atoms with Gasteiger partial charge >= 0.3 is 0 Å². The number of benzene rings is 1. The van der Waals surface area contributed by atoms with Gasteiger partial charge in [0.25, 0.3) is 0 Å². The van der Waals surface area contributed by atoms with Crippen LogP contribution < -0.4 is 10.5 Å². The molecule has 78 valence electrons. The highest BCUT2D eigenvalue weighted by Crippen LogP contribution is 2.26. The summed E-state index contributed by atoms with van der Waals surface area (Å²) in [5, 5.41) is 0. The molecule has 1 unspecified atom stereocenters. The quantitative estimate of drug-likeness (QED) is 0.749. The van der Waals surface area contributed by atoms with Crippen molar-refractivity contribution in [2.75, 3.05) is 14.2 Å². The van der Waals surface area contributed by atoms with Gasteiger partial charge in [-0.3, -0.25) is 0 Å². The van der Waals surface area contributed by atoms with Crippen molar-refractivity contribution in [1.29, 1.82) is 0 Å². The molecule has 0 bridgehead atoms. The number of hydrogen-bond donors (Lipinski definition) is 1. The van der Waals surface area contributed by atoms with Crippen LogP contribution in [0.3, 0.4) is 0 Å². The summed E-state index contributed by atoms with van der Waals surface area (Å²) in [7, 11) is 3.27. The van der Waals surface area contributed by atoms with Crippen LogP contribution in [0, 0.1) is 13.8 Å². The summed E-state index contributed by atoms with van der Waals surface area (Å²) in [6, 6.07) is 3.85. The molecule has 0 fully saturated rings. The maximum Gasteiger partial charge on any atom is 0.131 e. The highest BCUT2D eigenvalue weighted by atomic mass is 16.5. The molecule has 1 aromatic carbocycles. The lowest BCUT2D eigenvalue weighted by atomic mass is 10.0. The smallest absolute Gasteiger partial charge is 0.131 e. The minimum absolute atomic E-state index is 0.361. The second kappa shape index (κ2) is 4.44. The molecule has 0 spiro atoms. The van der Waals surface area contributed by atoms with E-state index in [1.807, 2.05) is 26.0 Å². The van der Waals surface area contributed by atoms with Crippen molar-refractivity contribution in [2.24, 2.45) is 5.73 Å². The first-order valence-corrected chi connectivity index (χ1v) is 4.54. The van der Waals surface area contributed by atoms with E-state index >= 15 is 0 Å². The number of nitrogens with two attached hydrogens (primary N) is 1. The van der Waals surface area contributed by atoms with Gasteiger partial charge in [0.1, 0.15) is 12.0 Å². The van der Waals surface area contributed by atoms with Crippen LogP contribution in [0.1, 0.15) is 22.9 Å². The summed E-state index contributed by atoms with van der Waals surface area (Å²) in [5.41, 5.74) is 9.03. The minimum Gasteiger partial charge on any atom is -0.496 e. The van der Waals surface area contributed by atoms with Crippen molar-refractivity contribution in [3.05, 3.63) is 28.8 Å². The molecular weight excluding hydrogens is 178 g/mol. The Bertz CT molecular complexity index is 323. The fourth-order valence-corrected chi connectivity index (χ4v) is 1.47. The van der Waals surface area contributed by atoms with Gasteiger partial charge in [-0.15, -0.1) is 0 Å². The SMILES string of the molecule is COc1ccc(C(N)OC)c(C)c1C. The second-order valence-corrected chi connectivity index (χ2v) is 3.26. The number of hydrogen-bond acceptors (Lipinski definition) is 3. The van der Waals surface area contributed by atoms with E-state index in [1.165, 1.54) is 0 Å². The predicted molar refractivity (Wildman–Crippen MR) is 56.4 cm³/mol. The molecule has 3 heteroatoms. The Morgan fingerprint density at radius 1 is 1.14 bits per heavy atom. The minimum atomic E-state index is -0.361. The van der Waals surface area contributed by atoms with Gasteiger partial charge in [-0.25, -0.2) is 0 Å². The first-order chi connectivity index (χ1) is 6.61. The van der Waals surface area contributed by atoms with Crippen LogP contribution in [0.4, 0.5) is 0 Å². The zero-order valence-corrected chi connectivity index (χ0v) is 9.13. The van der Waals surface area contributed by atoms with E-state index in [4.69, 9.17) is 15.2 Å². The molecule has 0 aliphatic carbocycles. The molecule has 0 aliphatic rings. The molecule has 14 heavy (non-hydrogen) atoms. The van der Waals surface area contributed by atoms with Crippen LogP contribution in [-0.2, 0) is 4.74 Å². The molecule has 2 N–H and O–H groups in total. The van der Waals surface area contributed by atoms with Gasteiger partial charge in [0, 0.05) is 7.11 Å². The van der Waals surface area contributed by atoms with Gasteiger partial charge in [-0.2, -0.15) is 0 Å². The molecule has 0 saturated heterocycles. The van der Waals surface area contributed by atoms with Crippen molar-refractivity contribution >= 4 is 0 Å². The Labute approximate surface area is 84.8 Å². The van der Waals surface area contributed by atoms with Gasteiger partial charge in [0.05, 0.1) is 7.11 Å². The highest BCUT2D eigenvalue weighted by molar-refractivity contribution is 5.44. The largest absolute Gasteiger partial charge is 0.496 e. The van der Waals surface area contributed by atoms with Crippen LogP contribution in [0.2, 0.25) is 0 Å². The van der Waals surface area contributed by atoms with Gasteiger partial charge in [-0.05, 0) is 36.6 Å². The van der Waals surface area contributed by atoms with E-state index < -0.39 is 0 Å². The molecule has 0 aromatic heterocycles. The predicted octanol–water partition coefficient (Wildman–Crippen LogP) is 1.92. The molecule has 1 atom stereocenters. The zero-order chi connectivity index (χ0) is 10.7. The third kappa shape index (κ3) is 1.89. The zero-order valence-electron chi connectivity index (χ0n) is 9.13. The van der Waals surface area contributed by atoms with Crippen molar-refractivity contribution in [3.8, 4) is 5.75 Å². The van der Waals surface area contributed by atoms with Crippen molar-refractivity contribution in [2.45, 2.75) is 20.1 Å². The third-order valence-electron chi connectivity index (χ3n) is 2.56. The van der Waals surface area contributed by atoms with Crippen LogP contribution >= 0.6 is 0 Å². The molecule has 0 amide bonds. The monoisotopic (exact) mass is 195 g/mol. The van der Waals surface area contributed by atoms with E-state index in [-0.39, 0.29) is 6.23 Å². The van der Waals surface area contributed by atoms with E-state index in [0.717, 1.165) is 22.4 Å². The van der Waals surface area contributed by atoms with Crippen LogP contribution in [-0.4, -0.2) is 14.2 Å². The average molecular weight is 195 g/mol. The average Bonchev–Trinajstić information content (AvgIpc) is 2.21. The number of rotatable bonds is 3. The highest BCUT2D eigenvalue weighted by Gasteiger charge is 2.11. The number of methoxy groups -OCH3 is 2. The Morgan fingerprint density at radius 3 is 2.29 bits per heavy atom. The third-order valence-corrected chi connectivity index (χ3v) is 2.56. The van der Waals surface area contributed by atoms with Crippen LogP contribution in [0.5, 0.6) is 5.75 Å². The Kier molecular flexibility index (Phi) is 3.49. The van der Waals surface area contributed by atoms with E-state index in [2.05, 4.69) is 0 Å². The first-order valence-electron chi connectivity index (χ1n) is 4.54. The maximum absolute atomic E-state index is 5.79. The molecule has 3 nitrogen and oxygen atoms in total. The summed E-state index contributed by atoms with van der Waals surface area (Å²) < 4.78 is 10.3. The van der Waals surface area contributed by atoms with Crippen molar-refractivity contribution in [3.63, 3.8) is 0 Å². The topological polar surface area (TPSA) is 44.5 Å². The fraction of sp³-hybridized carbons (Fsp3) is 0.455. The lowest BCUT2D eigenvalue weighted by Crippen LogP contribution is -2.14. The van der Waals surface area contributed by atoms with Gasteiger partial charge in [0.15, 0.2) is 0 Å². The first kappa shape index (κ1) is 11.0. The standard InChI is InChI=1S/C11H17NO2/c1-7-8(2)10(13-3)6-5-9(7)11(12)14-4/h5-6,11H,12H2,1-4H3. The van der Waals surface area contributed by atoms with Gasteiger partial charge < -0.3 is 15.2 Å². The van der Waals surface area contributed by atoms with E-state index in [9.17, 15) is 0 Å². The Morgan fingerprint density at radius 2 is 1.79 bits per heavy atom. The molecule has 1 aromatic rings. The lowest BCUT2D eigenvalue weighted by Gasteiger charge is -2.16. The molecule has 0 aliphatic heterocycles. The van der Waals surface area contributed by atoms with Crippen molar-refractivity contribution in [1.82, 2.24) is 0 Å². The van der Waals surface area contributed by atoms with E-state index in [0.29, 0.717) is 0 Å². The summed E-state index contributed by atoms with van der Waals surface area (Å²) in [6.45, 7) is 4.03. The molecular formula is C11H17NO2. The van der Waals surface area contributed by atoms with Gasteiger partial charge in [0.2, 0.25) is 0 Å². The maximum atomic E-state index is 5.79. The van der Waals surface area contributed by atoms with Crippen LogP contribution in [0.15, 0.2) is 12.1 Å². The Balaban J connectivity index is 3.17. The van der Waals surface area contributed by atoms with Gasteiger partial charge in [-0.1, -0.05) is 6.07 Å². The normalized spacial score (nSPS) is 12.6. The van der Waals surface area contributed by atoms with Crippen LogP contribution in [0.25, 0.3) is 0 Å². The summed E-state index contributed by atoms with van der Waals surface area (Å²) in [6.07, 6.45) is -0.361. The lowest BCUT2D eigenvalue weighted by molar-refractivity contribution is 0.108. The second-order valence-electron chi connectivity index (χ2n) is 3.26. The van der Waals surface area contributed by atoms with Crippen molar-refractivity contribution < 1.29 is 9.47 Å². The van der Waals surface area contributed by atoms with E-state index in [1.54, 1.807) is 14.2 Å². The molecule has 0 radical (unpaired) electrons. The molecule has 0 saturated carbocycles.